The van der Waals surface area contributed by atoms with Crippen molar-refractivity contribution in [3.63, 3.8) is 0 Å². The Morgan fingerprint density at radius 3 is 2.60 bits per heavy atom. The first-order valence-corrected chi connectivity index (χ1v) is 8.56. The van der Waals surface area contributed by atoms with E-state index >= 15 is 0 Å². The number of hydrogen-bond donors (Lipinski definition) is 0. The molecule has 2 aliphatic rings. The molecule has 2 aliphatic carbocycles. The number of hydrogen-bond acceptors (Lipinski definition) is 1. The zero-order valence-electron chi connectivity index (χ0n) is 13.9. The van der Waals surface area contributed by atoms with Crippen LogP contribution in [-0.4, -0.2) is 5.78 Å². The molecule has 0 aromatic heterocycles. The lowest BCUT2D eigenvalue weighted by atomic mass is 9.78. The molecule has 123 valence electrons. The molecule has 2 bridgehead atoms. The Morgan fingerprint density at radius 1 is 1.08 bits per heavy atom. The second kappa shape index (κ2) is 6.01. The number of Topliss-reactive ketones (excluding diaryl/α,β-unsaturated/α-hetero) is 1. The summed E-state index contributed by atoms with van der Waals surface area (Å²) >= 11 is 0. The van der Waals surface area contributed by atoms with E-state index in [1.165, 1.54) is 6.07 Å². The first kappa shape index (κ1) is 15.8. The van der Waals surface area contributed by atoms with Crippen LogP contribution in [0, 0.1) is 36.9 Å². The first-order chi connectivity index (χ1) is 12.1. The first-order valence-electron chi connectivity index (χ1n) is 8.56. The van der Waals surface area contributed by atoms with Crippen LogP contribution in [0.2, 0.25) is 0 Å². The number of benzene rings is 2. The summed E-state index contributed by atoms with van der Waals surface area (Å²) in [5.74, 6) is 2.96. The molecule has 25 heavy (non-hydrogen) atoms. The molecule has 1 radical (unpaired) electrons. The van der Waals surface area contributed by atoms with E-state index in [1.54, 1.807) is 18.2 Å². The minimum Gasteiger partial charge on any atom is -0.294 e. The van der Waals surface area contributed by atoms with Crippen LogP contribution in [0.25, 0.3) is 16.7 Å². The number of ketones is 1. The van der Waals surface area contributed by atoms with Gasteiger partial charge in [-0.2, -0.15) is 0 Å². The molecule has 2 heteroatoms. The molecule has 4 rings (SSSR count). The summed E-state index contributed by atoms with van der Waals surface area (Å²) in [6, 6.07) is 12.2. The zero-order valence-corrected chi connectivity index (χ0v) is 13.9. The highest BCUT2D eigenvalue weighted by atomic mass is 19.1. The van der Waals surface area contributed by atoms with Crippen molar-refractivity contribution in [1.29, 1.82) is 0 Å². The molecule has 2 unspecified atom stereocenters. The second-order valence-corrected chi connectivity index (χ2v) is 6.86. The molecule has 1 nitrogen and oxygen atoms in total. The minimum absolute atomic E-state index is 0.0635. The molecule has 0 heterocycles. The van der Waals surface area contributed by atoms with E-state index in [0.717, 1.165) is 41.5 Å². The highest BCUT2D eigenvalue weighted by molar-refractivity contribution is 6.25. The van der Waals surface area contributed by atoms with Crippen molar-refractivity contribution in [2.45, 2.75) is 19.3 Å². The van der Waals surface area contributed by atoms with Crippen LogP contribution >= 0.6 is 0 Å². The molecule has 0 aliphatic heterocycles. The largest absolute Gasteiger partial charge is 0.294 e. The number of carbonyl (C=O) groups is 1. The van der Waals surface area contributed by atoms with Crippen LogP contribution in [0.1, 0.15) is 30.4 Å². The minimum atomic E-state index is -0.286. The molecule has 2 atom stereocenters. The van der Waals surface area contributed by atoms with Gasteiger partial charge in [-0.05, 0) is 60.9 Å². The molecule has 2 aromatic rings. The molecule has 1 saturated carbocycles. The number of terminal acetylenes is 1. The van der Waals surface area contributed by atoms with Gasteiger partial charge in [-0.1, -0.05) is 36.3 Å². The summed E-state index contributed by atoms with van der Waals surface area (Å²) in [5, 5.41) is 0. The maximum atomic E-state index is 14.2. The third-order valence-electron chi connectivity index (χ3n) is 5.45. The number of halogens is 1. The lowest BCUT2D eigenvalue weighted by Crippen LogP contribution is -2.21. The van der Waals surface area contributed by atoms with Crippen LogP contribution in [-0.2, 0) is 4.79 Å². The molecule has 0 amide bonds. The van der Waals surface area contributed by atoms with Crippen molar-refractivity contribution in [2.24, 2.45) is 11.8 Å². The number of carbonyl (C=O) groups excluding carboxylic acids is 1. The molecular weight excluding hydrogens is 311 g/mol. The normalized spacial score (nSPS) is 22.2. The van der Waals surface area contributed by atoms with Crippen LogP contribution < -0.4 is 0 Å². The van der Waals surface area contributed by atoms with Gasteiger partial charge in [0.25, 0.3) is 0 Å². The predicted octanol–water partition coefficient (Wildman–Crippen LogP) is 5.06. The highest BCUT2D eigenvalue weighted by Crippen LogP contribution is 2.46. The average molecular weight is 329 g/mol. The SMILES string of the molecule is C#CC1=C(c2cc(-c3ccccc3F)ccc2[CH2])C(=O)C2CCC1C2. The summed E-state index contributed by atoms with van der Waals surface area (Å²) < 4.78 is 14.2. The summed E-state index contributed by atoms with van der Waals surface area (Å²) in [7, 11) is 0. The van der Waals surface area contributed by atoms with E-state index in [-0.39, 0.29) is 17.5 Å². The lowest BCUT2D eigenvalue weighted by molar-refractivity contribution is -0.117. The van der Waals surface area contributed by atoms with E-state index in [2.05, 4.69) is 12.8 Å². The molecule has 1 fully saturated rings. The van der Waals surface area contributed by atoms with Crippen LogP contribution in [0.15, 0.2) is 48.0 Å². The second-order valence-electron chi connectivity index (χ2n) is 6.86. The van der Waals surface area contributed by atoms with Gasteiger partial charge in [-0.15, -0.1) is 6.42 Å². The topological polar surface area (TPSA) is 17.1 Å². The van der Waals surface area contributed by atoms with Gasteiger partial charge in [0.2, 0.25) is 0 Å². The molecule has 0 saturated heterocycles. The van der Waals surface area contributed by atoms with Gasteiger partial charge in [-0.3, -0.25) is 4.79 Å². The molecule has 2 aromatic carbocycles. The fourth-order valence-corrected chi connectivity index (χ4v) is 4.16. The Labute approximate surface area is 147 Å². The van der Waals surface area contributed by atoms with Crippen LogP contribution in [0.4, 0.5) is 4.39 Å². The van der Waals surface area contributed by atoms with Crippen LogP contribution in [0.3, 0.4) is 0 Å². The van der Waals surface area contributed by atoms with E-state index in [4.69, 9.17) is 6.42 Å². The van der Waals surface area contributed by atoms with Crippen molar-refractivity contribution in [3.05, 3.63) is 71.9 Å². The Morgan fingerprint density at radius 2 is 1.84 bits per heavy atom. The van der Waals surface area contributed by atoms with Gasteiger partial charge < -0.3 is 0 Å². The Kier molecular flexibility index (Phi) is 3.81. The van der Waals surface area contributed by atoms with Crippen molar-refractivity contribution in [2.75, 3.05) is 0 Å². The van der Waals surface area contributed by atoms with Crippen molar-refractivity contribution in [3.8, 4) is 23.5 Å². The Hall–Kier alpha value is -2.66. The average Bonchev–Trinajstić information content (AvgIpc) is 3.05. The van der Waals surface area contributed by atoms with Crippen LogP contribution in [0.5, 0.6) is 0 Å². The quantitative estimate of drug-likeness (QED) is 0.704. The third-order valence-corrected chi connectivity index (χ3v) is 5.45. The van der Waals surface area contributed by atoms with Crippen molar-refractivity contribution < 1.29 is 9.18 Å². The fraction of sp³-hybridized carbons (Fsp3) is 0.217. The predicted molar refractivity (Wildman–Crippen MR) is 97.9 cm³/mol. The maximum Gasteiger partial charge on any atom is 0.167 e. The van der Waals surface area contributed by atoms with Gasteiger partial charge in [0.05, 0.1) is 0 Å². The Bertz CT molecular complexity index is 945. The standard InChI is InChI=1S/C23H18FO/c1-3-18-15-10-11-17(12-15)23(25)22(18)20-13-16(9-8-14(20)2)19-6-4-5-7-21(19)24/h1,4-9,13,15,17H,2,10-12H2. The fourth-order valence-electron chi connectivity index (χ4n) is 4.16. The highest BCUT2D eigenvalue weighted by Gasteiger charge is 2.40. The van der Waals surface area contributed by atoms with Gasteiger partial charge in [0.1, 0.15) is 5.82 Å². The van der Waals surface area contributed by atoms with Gasteiger partial charge in [0.15, 0.2) is 5.78 Å². The van der Waals surface area contributed by atoms with Gasteiger partial charge >= 0.3 is 0 Å². The maximum absolute atomic E-state index is 14.2. The number of allylic oxidation sites excluding steroid dienone is 2. The molecule has 0 N–H and O–H groups in total. The van der Waals surface area contributed by atoms with E-state index < -0.39 is 0 Å². The van der Waals surface area contributed by atoms with E-state index in [1.807, 2.05) is 18.2 Å². The monoisotopic (exact) mass is 329 g/mol. The Balaban J connectivity index is 1.91. The number of fused-ring (bicyclic) bond motifs is 2. The smallest absolute Gasteiger partial charge is 0.167 e. The van der Waals surface area contributed by atoms with Crippen molar-refractivity contribution >= 4 is 11.4 Å². The van der Waals surface area contributed by atoms with Gasteiger partial charge in [-0.25, -0.2) is 4.39 Å². The summed E-state index contributed by atoms with van der Waals surface area (Å²) in [4.78, 5) is 13.0. The van der Waals surface area contributed by atoms with E-state index in [0.29, 0.717) is 17.1 Å². The summed E-state index contributed by atoms with van der Waals surface area (Å²) in [6.07, 6.45) is 8.49. The van der Waals surface area contributed by atoms with Gasteiger partial charge in [0, 0.05) is 22.6 Å². The lowest BCUT2D eigenvalue weighted by Gasteiger charge is -2.24. The summed E-state index contributed by atoms with van der Waals surface area (Å²) in [6.45, 7) is 4.08. The molecule has 0 spiro atoms. The van der Waals surface area contributed by atoms with E-state index in [9.17, 15) is 9.18 Å². The van der Waals surface area contributed by atoms with Crippen molar-refractivity contribution in [1.82, 2.24) is 0 Å². The number of rotatable bonds is 2. The molecular formula is C23H18FO. The summed E-state index contributed by atoms with van der Waals surface area (Å²) in [5.41, 5.74) is 4.17. The third kappa shape index (κ3) is 2.51. The zero-order chi connectivity index (χ0) is 17.6.